The van der Waals surface area contributed by atoms with Crippen LogP contribution >= 0.6 is 0 Å². The van der Waals surface area contributed by atoms with Crippen LogP contribution in [0.3, 0.4) is 0 Å². The van der Waals surface area contributed by atoms with Crippen molar-refractivity contribution in [2.45, 2.75) is 39.3 Å². The van der Waals surface area contributed by atoms with Gasteiger partial charge in [-0.3, -0.25) is 4.79 Å². The van der Waals surface area contributed by atoms with E-state index in [2.05, 4.69) is 12.2 Å². The molecule has 4 nitrogen and oxygen atoms in total. The minimum absolute atomic E-state index is 0.231. The summed E-state index contributed by atoms with van der Waals surface area (Å²) in [7, 11) is 0. The molecule has 5 heteroatoms. The van der Waals surface area contributed by atoms with Gasteiger partial charge in [0.1, 0.15) is 17.2 Å². The molecule has 0 saturated carbocycles. The van der Waals surface area contributed by atoms with Gasteiger partial charge < -0.3 is 14.6 Å². The minimum Gasteiger partial charge on any atom is -0.460 e. The first-order valence-corrected chi connectivity index (χ1v) is 8.26. The molecule has 1 aromatic heterocycles. The van der Waals surface area contributed by atoms with Gasteiger partial charge in [0.2, 0.25) is 5.91 Å². The third-order valence-corrected chi connectivity index (χ3v) is 4.63. The maximum atomic E-state index is 13.2. The zero-order valence-electron chi connectivity index (χ0n) is 13.6. The molecule has 23 heavy (non-hydrogen) atoms. The Morgan fingerprint density at radius 3 is 3.00 bits per heavy atom. The van der Waals surface area contributed by atoms with E-state index in [1.54, 1.807) is 6.07 Å². The van der Waals surface area contributed by atoms with Gasteiger partial charge in [0, 0.05) is 30.9 Å². The second kappa shape index (κ2) is 6.71. The fourth-order valence-corrected chi connectivity index (χ4v) is 3.29. The van der Waals surface area contributed by atoms with Crippen molar-refractivity contribution < 1.29 is 13.6 Å². The number of fused-ring (bicyclic) bond motifs is 1. The summed E-state index contributed by atoms with van der Waals surface area (Å²) in [4.78, 5) is 13.7. The molecule has 1 aliphatic heterocycles. The van der Waals surface area contributed by atoms with Crippen LogP contribution in [0, 0.1) is 11.7 Å². The summed E-state index contributed by atoms with van der Waals surface area (Å²) in [6.45, 7) is 6.30. The maximum absolute atomic E-state index is 13.2. The largest absolute Gasteiger partial charge is 0.460 e. The van der Waals surface area contributed by atoms with Gasteiger partial charge in [-0.25, -0.2) is 4.39 Å². The molecule has 1 amide bonds. The molecule has 3 rings (SSSR count). The van der Waals surface area contributed by atoms with Gasteiger partial charge in [-0.2, -0.15) is 0 Å². The lowest BCUT2D eigenvalue weighted by atomic mass is 9.93. The maximum Gasteiger partial charge on any atom is 0.222 e. The van der Waals surface area contributed by atoms with Crippen molar-refractivity contribution in [3.8, 4) is 0 Å². The lowest BCUT2D eigenvalue weighted by Gasteiger charge is -2.37. The predicted octanol–water partition coefficient (Wildman–Crippen LogP) is 3.31. The average Bonchev–Trinajstić information content (AvgIpc) is 2.94. The zero-order chi connectivity index (χ0) is 16.4. The van der Waals surface area contributed by atoms with Crippen molar-refractivity contribution in [2.75, 3.05) is 13.1 Å². The number of furan rings is 1. The number of benzene rings is 1. The highest BCUT2D eigenvalue weighted by Crippen LogP contribution is 2.22. The van der Waals surface area contributed by atoms with Crippen molar-refractivity contribution in [3.05, 3.63) is 35.8 Å². The molecule has 1 aliphatic rings. The van der Waals surface area contributed by atoms with E-state index in [9.17, 15) is 9.18 Å². The number of rotatable bonds is 4. The molecule has 0 bridgehead atoms. The van der Waals surface area contributed by atoms with E-state index in [0.717, 1.165) is 30.7 Å². The molecule has 0 radical (unpaired) electrons. The molecule has 1 saturated heterocycles. The van der Waals surface area contributed by atoms with E-state index in [1.165, 1.54) is 12.1 Å². The summed E-state index contributed by atoms with van der Waals surface area (Å²) in [5, 5.41) is 4.31. The van der Waals surface area contributed by atoms with Crippen LogP contribution in [-0.2, 0) is 11.3 Å². The number of carbonyl (C=O) groups is 1. The molecule has 0 unspecified atom stereocenters. The van der Waals surface area contributed by atoms with Crippen LogP contribution in [0.4, 0.5) is 4.39 Å². The van der Waals surface area contributed by atoms with Crippen molar-refractivity contribution in [2.24, 2.45) is 5.92 Å². The first-order valence-electron chi connectivity index (χ1n) is 8.26. The van der Waals surface area contributed by atoms with Gasteiger partial charge in [-0.05, 0) is 36.6 Å². The van der Waals surface area contributed by atoms with Crippen LogP contribution < -0.4 is 5.32 Å². The topological polar surface area (TPSA) is 45.5 Å². The van der Waals surface area contributed by atoms with Gasteiger partial charge >= 0.3 is 0 Å². The molecular formula is C18H23FN2O2. The normalized spacial score (nSPS) is 21.8. The van der Waals surface area contributed by atoms with Crippen LogP contribution in [0.1, 0.15) is 32.4 Å². The number of piperidine rings is 1. The first-order chi connectivity index (χ1) is 11.1. The summed E-state index contributed by atoms with van der Waals surface area (Å²) in [5.41, 5.74) is 0.708. The Morgan fingerprint density at radius 2 is 2.26 bits per heavy atom. The highest BCUT2D eigenvalue weighted by Gasteiger charge is 2.27. The number of hydrogen-bond donors (Lipinski definition) is 1. The molecule has 2 heterocycles. The van der Waals surface area contributed by atoms with E-state index in [-0.39, 0.29) is 11.7 Å². The second-order valence-electron chi connectivity index (χ2n) is 6.34. The Balaban J connectivity index is 1.58. The van der Waals surface area contributed by atoms with Gasteiger partial charge in [0.15, 0.2) is 0 Å². The van der Waals surface area contributed by atoms with Crippen molar-refractivity contribution in [1.29, 1.82) is 0 Å². The average molecular weight is 318 g/mol. The lowest BCUT2D eigenvalue weighted by molar-refractivity contribution is -0.132. The van der Waals surface area contributed by atoms with Gasteiger partial charge in [-0.1, -0.05) is 13.8 Å². The number of nitrogens with zero attached hydrogens (tertiary/aromatic N) is 1. The monoisotopic (exact) mass is 318 g/mol. The van der Waals surface area contributed by atoms with Crippen molar-refractivity contribution in [3.63, 3.8) is 0 Å². The molecule has 0 spiro atoms. The smallest absolute Gasteiger partial charge is 0.222 e. The number of amides is 1. The Bertz CT molecular complexity index is 697. The van der Waals surface area contributed by atoms with E-state index in [4.69, 9.17) is 4.42 Å². The fourth-order valence-electron chi connectivity index (χ4n) is 3.29. The Labute approximate surface area is 135 Å². The third kappa shape index (κ3) is 3.55. The molecule has 0 aliphatic carbocycles. The summed E-state index contributed by atoms with van der Waals surface area (Å²) < 4.78 is 18.9. The molecule has 124 valence electrons. The van der Waals surface area contributed by atoms with Gasteiger partial charge in [0.25, 0.3) is 0 Å². The van der Waals surface area contributed by atoms with Crippen LogP contribution in [0.5, 0.6) is 0 Å². The van der Waals surface area contributed by atoms with Gasteiger partial charge in [0.05, 0.1) is 6.54 Å². The van der Waals surface area contributed by atoms with E-state index in [0.29, 0.717) is 30.5 Å². The van der Waals surface area contributed by atoms with Crippen LogP contribution in [-0.4, -0.2) is 29.9 Å². The zero-order valence-corrected chi connectivity index (χ0v) is 13.6. The molecular weight excluding hydrogens is 295 g/mol. The number of hydrogen-bond acceptors (Lipinski definition) is 3. The van der Waals surface area contributed by atoms with E-state index < -0.39 is 0 Å². The fraction of sp³-hybridized carbons (Fsp3) is 0.500. The predicted molar refractivity (Wildman–Crippen MR) is 87.5 cm³/mol. The molecule has 1 N–H and O–H groups in total. The first kappa shape index (κ1) is 16.0. The van der Waals surface area contributed by atoms with Crippen LogP contribution in [0.2, 0.25) is 0 Å². The number of halogens is 1. The SMILES string of the molecule is CCC(=O)N1CC[C@@H](NCc2cc3cc(F)ccc3o2)[C@@H](C)C1. The van der Waals surface area contributed by atoms with E-state index >= 15 is 0 Å². The number of nitrogens with one attached hydrogen (secondary N) is 1. The lowest BCUT2D eigenvalue weighted by Crippen LogP contribution is -2.49. The van der Waals surface area contributed by atoms with Crippen molar-refractivity contribution >= 4 is 16.9 Å². The van der Waals surface area contributed by atoms with Crippen molar-refractivity contribution in [1.82, 2.24) is 10.2 Å². The Hall–Kier alpha value is -1.88. The molecule has 1 fully saturated rings. The third-order valence-electron chi connectivity index (χ3n) is 4.63. The quantitative estimate of drug-likeness (QED) is 0.941. The highest BCUT2D eigenvalue weighted by molar-refractivity contribution is 5.77. The Morgan fingerprint density at radius 1 is 1.43 bits per heavy atom. The number of carbonyl (C=O) groups excluding carboxylic acids is 1. The van der Waals surface area contributed by atoms with E-state index in [1.807, 2.05) is 17.9 Å². The summed E-state index contributed by atoms with van der Waals surface area (Å²) in [6.07, 6.45) is 1.52. The standard InChI is InChI=1S/C18H23FN2O2/c1-3-18(22)21-7-6-16(12(2)11-21)20-10-15-9-13-8-14(19)4-5-17(13)23-15/h4-5,8-9,12,16,20H,3,6-7,10-11H2,1-2H3/t12-,16+/m0/s1. The Kier molecular flexibility index (Phi) is 4.66. The molecule has 2 aromatic rings. The molecule has 2 atom stereocenters. The number of likely N-dealkylation sites (tertiary alicyclic amines) is 1. The highest BCUT2D eigenvalue weighted by atomic mass is 19.1. The van der Waals surface area contributed by atoms with Crippen LogP contribution in [0.15, 0.2) is 28.7 Å². The summed E-state index contributed by atoms with van der Waals surface area (Å²) in [6, 6.07) is 6.80. The summed E-state index contributed by atoms with van der Waals surface area (Å²) >= 11 is 0. The summed E-state index contributed by atoms with van der Waals surface area (Å²) in [5.74, 6) is 1.19. The van der Waals surface area contributed by atoms with Gasteiger partial charge in [-0.15, -0.1) is 0 Å². The minimum atomic E-state index is -0.251. The van der Waals surface area contributed by atoms with Crippen LogP contribution in [0.25, 0.3) is 11.0 Å². The second-order valence-corrected chi connectivity index (χ2v) is 6.34. The molecule has 1 aromatic carbocycles.